The average molecular weight is 330 g/mol. The third-order valence-corrected chi connectivity index (χ3v) is 4.60. The fraction of sp³-hybridized carbons (Fsp3) is 0.500. The first-order chi connectivity index (χ1) is 11.1. The Bertz CT molecular complexity index is 694. The Hall–Kier alpha value is -2.10. The van der Waals surface area contributed by atoms with Crippen molar-refractivity contribution in [3.63, 3.8) is 0 Å². The zero-order valence-corrected chi connectivity index (χ0v) is 15.1. The summed E-state index contributed by atoms with van der Waals surface area (Å²) in [5.41, 5.74) is 0.289. The summed E-state index contributed by atoms with van der Waals surface area (Å²) in [6.07, 6.45) is 1.42. The van der Waals surface area contributed by atoms with E-state index in [4.69, 9.17) is 4.74 Å². The molecule has 0 radical (unpaired) electrons. The van der Waals surface area contributed by atoms with Crippen molar-refractivity contribution in [3.8, 4) is 0 Å². The van der Waals surface area contributed by atoms with Crippen LogP contribution in [0.3, 0.4) is 0 Å². The van der Waals surface area contributed by atoms with Crippen molar-refractivity contribution in [2.45, 2.75) is 52.9 Å². The topological polar surface area (TPSA) is 63.6 Å². The molecule has 0 saturated carbocycles. The molecule has 4 heteroatoms. The first-order valence-electron chi connectivity index (χ1n) is 8.37. The van der Waals surface area contributed by atoms with E-state index in [9.17, 15) is 14.7 Å². The number of aliphatic hydroxyl groups excluding tert-OH is 1. The maximum Gasteiger partial charge on any atom is 0.345 e. The predicted octanol–water partition coefficient (Wildman–Crippen LogP) is 4.19. The average Bonchev–Trinajstić information content (AvgIpc) is 2.51. The summed E-state index contributed by atoms with van der Waals surface area (Å²) in [4.78, 5) is 25.4. The summed E-state index contributed by atoms with van der Waals surface area (Å²) in [7, 11) is 0. The van der Waals surface area contributed by atoms with Gasteiger partial charge in [0.15, 0.2) is 5.78 Å². The lowest BCUT2D eigenvalue weighted by atomic mass is 9.65. The highest BCUT2D eigenvalue weighted by molar-refractivity contribution is 6.26. The van der Waals surface area contributed by atoms with Crippen molar-refractivity contribution >= 4 is 17.5 Å². The molecule has 4 nitrogen and oxygen atoms in total. The third kappa shape index (κ3) is 3.23. The van der Waals surface area contributed by atoms with Gasteiger partial charge in [0.05, 0.1) is 12.0 Å². The van der Waals surface area contributed by atoms with Crippen LogP contribution in [-0.2, 0) is 19.7 Å². The van der Waals surface area contributed by atoms with Gasteiger partial charge in [0.25, 0.3) is 0 Å². The Morgan fingerprint density at radius 3 is 2.46 bits per heavy atom. The number of Topliss-reactive ketones (excluding diaryl/α,β-unsaturated/α-hetero) is 1. The van der Waals surface area contributed by atoms with Gasteiger partial charge >= 0.3 is 5.97 Å². The summed E-state index contributed by atoms with van der Waals surface area (Å²) >= 11 is 0. The molecule has 2 rings (SSSR count). The first kappa shape index (κ1) is 18.2. The van der Waals surface area contributed by atoms with Crippen molar-refractivity contribution in [2.75, 3.05) is 6.61 Å². The van der Waals surface area contributed by atoms with E-state index in [0.717, 1.165) is 12.0 Å². The van der Waals surface area contributed by atoms with E-state index < -0.39 is 11.4 Å². The number of carbonyl (C=O) groups excluding carboxylic acids is 2. The minimum atomic E-state index is -0.849. The normalized spacial score (nSPS) is 20.8. The molecule has 1 atom stereocenters. The molecule has 1 unspecified atom stereocenters. The van der Waals surface area contributed by atoms with Gasteiger partial charge in [0, 0.05) is 5.56 Å². The van der Waals surface area contributed by atoms with Gasteiger partial charge in [0.2, 0.25) is 0 Å². The molecule has 0 spiro atoms. The molecular formula is C20H26O4. The summed E-state index contributed by atoms with van der Waals surface area (Å²) in [5, 5.41) is 10.5. The summed E-state index contributed by atoms with van der Waals surface area (Å²) in [5.74, 6) is -1.39. The fourth-order valence-electron chi connectivity index (χ4n) is 3.08. The van der Waals surface area contributed by atoms with Crippen LogP contribution in [-0.4, -0.2) is 23.5 Å². The predicted molar refractivity (Wildman–Crippen MR) is 93.7 cm³/mol. The van der Waals surface area contributed by atoms with Crippen LogP contribution in [0.2, 0.25) is 0 Å². The number of ketones is 1. The number of hydrogen-bond acceptors (Lipinski definition) is 4. The van der Waals surface area contributed by atoms with Crippen molar-refractivity contribution in [3.05, 3.63) is 41.0 Å². The van der Waals surface area contributed by atoms with Gasteiger partial charge in [0.1, 0.15) is 11.3 Å². The number of carbonyl (C=O) groups is 2. The van der Waals surface area contributed by atoms with E-state index in [1.807, 2.05) is 19.1 Å². The van der Waals surface area contributed by atoms with E-state index in [1.165, 1.54) is 0 Å². The van der Waals surface area contributed by atoms with E-state index in [2.05, 4.69) is 20.8 Å². The number of aliphatic hydroxyl groups is 1. The Morgan fingerprint density at radius 2 is 1.88 bits per heavy atom. The van der Waals surface area contributed by atoms with Gasteiger partial charge in [-0.15, -0.1) is 0 Å². The quantitative estimate of drug-likeness (QED) is 0.664. The number of ether oxygens (including phenoxy) is 1. The summed E-state index contributed by atoms with van der Waals surface area (Å²) in [6.45, 7) is 10.0. The van der Waals surface area contributed by atoms with Crippen molar-refractivity contribution in [1.82, 2.24) is 0 Å². The minimum absolute atomic E-state index is 0.0610. The summed E-state index contributed by atoms with van der Waals surface area (Å²) < 4.78 is 5.00. The molecule has 0 heterocycles. The smallest absolute Gasteiger partial charge is 0.345 e. The lowest BCUT2D eigenvalue weighted by Crippen LogP contribution is -2.41. The number of hydrogen-bond donors (Lipinski definition) is 1. The molecule has 1 aromatic rings. The molecule has 1 aliphatic rings. The van der Waals surface area contributed by atoms with Gasteiger partial charge in [-0.05, 0) is 37.7 Å². The molecule has 0 aliphatic heterocycles. The van der Waals surface area contributed by atoms with Gasteiger partial charge in [-0.2, -0.15) is 0 Å². The second-order valence-corrected chi connectivity index (χ2v) is 7.71. The van der Waals surface area contributed by atoms with E-state index in [0.29, 0.717) is 12.0 Å². The van der Waals surface area contributed by atoms with Crippen LogP contribution in [0.15, 0.2) is 29.8 Å². The van der Waals surface area contributed by atoms with Crippen LogP contribution in [0, 0.1) is 5.41 Å². The molecule has 1 aliphatic carbocycles. The summed E-state index contributed by atoms with van der Waals surface area (Å²) in [6, 6.07) is 7.24. The van der Waals surface area contributed by atoms with Crippen LogP contribution < -0.4 is 0 Å². The molecule has 0 fully saturated rings. The molecular weight excluding hydrogens is 304 g/mol. The van der Waals surface area contributed by atoms with E-state index in [1.54, 1.807) is 19.1 Å². The SMILES string of the molecule is CCOC(=O)C1=C(O)c2ccccc2C(C)(CCC(C)(C)C)C1=O. The van der Waals surface area contributed by atoms with Crippen LogP contribution in [0.5, 0.6) is 0 Å². The number of rotatable bonds is 4. The first-order valence-corrected chi connectivity index (χ1v) is 8.37. The van der Waals surface area contributed by atoms with Gasteiger partial charge < -0.3 is 9.84 Å². The molecule has 1 N–H and O–H groups in total. The highest BCUT2D eigenvalue weighted by Gasteiger charge is 2.46. The lowest BCUT2D eigenvalue weighted by molar-refractivity contribution is -0.140. The molecule has 0 aromatic heterocycles. The fourth-order valence-corrected chi connectivity index (χ4v) is 3.08. The molecule has 0 saturated heterocycles. The van der Waals surface area contributed by atoms with Crippen molar-refractivity contribution in [1.29, 1.82) is 0 Å². The maximum atomic E-state index is 13.1. The Kier molecular flexibility index (Phi) is 4.88. The Morgan fingerprint density at radius 1 is 1.25 bits per heavy atom. The second kappa shape index (κ2) is 6.42. The van der Waals surface area contributed by atoms with Gasteiger partial charge in [-0.25, -0.2) is 4.79 Å². The van der Waals surface area contributed by atoms with Gasteiger partial charge in [-0.1, -0.05) is 45.0 Å². The van der Waals surface area contributed by atoms with Crippen LogP contribution in [0.4, 0.5) is 0 Å². The standard InChI is InChI=1S/C20H26O4/c1-6-24-18(23)15-16(21)13-9-7-8-10-14(13)20(5,17(15)22)12-11-19(2,3)4/h7-10,21H,6,11-12H2,1-5H3. The van der Waals surface area contributed by atoms with Crippen molar-refractivity contribution in [2.24, 2.45) is 5.41 Å². The number of fused-ring (bicyclic) bond motifs is 1. The lowest BCUT2D eigenvalue weighted by Gasteiger charge is -2.36. The van der Waals surface area contributed by atoms with Crippen LogP contribution in [0.1, 0.15) is 58.6 Å². The van der Waals surface area contributed by atoms with Crippen LogP contribution >= 0.6 is 0 Å². The number of esters is 1. The largest absolute Gasteiger partial charge is 0.506 e. The zero-order valence-electron chi connectivity index (χ0n) is 15.1. The molecule has 0 amide bonds. The van der Waals surface area contributed by atoms with Crippen LogP contribution in [0.25, 0.3) is 5.76 Å². The Balaban J connectivity index is 2.58. The van der Waals surface area contributed by atoms with Crippen molar-refractivity contribution < 1.29 is 19.4 Å². The maximum absolute atomic E-state index is 13.1. The zero-order chi connectivity index (χ0) is 18.1. The number of benzene rings is 1. The van der Waals surface area contributed by atoms with E-state index in [-0.39, 0.29) is 29.1 Å². The minimum Gasteiger partial charge on any atom is -0.506 e. The van der Waals surface area contributed by atoms with Gasteiger partial charge in [-0.3, -0.25) is 4.79 Å². The highest BCUT2D eigenvalue weighted by Crippen LogP contribution is 2.44. The molecule has 1 aromatic carbocycles. The molecule has 24 heavy (non-hydrogen) atoms. The highest BCUT2D eigenvalue weighted by atomic mass is 16.5. The molecule has 0 bridgehead atoms. The second-order valence-electron chi connectivity index (χ2n) is 7.71. The molecule has 130 valence electrons. The Labute approximate surface area is 143 Å². The van der Waals surface area contributed by atoms with E-state index >= 15 is 0 Å². The monoisotopic (exact) mass is 330 g/mol. The third-order valence-electron chi connectivity index (χ3n) is 4.60.